The third kappa shape index (κ3) is 7.05. The fraction of sp³-hybridized carbons (Fsp3) is 0.500. The van der Waals surface area contributed by atoms with Gasteiger partial charge in [-0.3, -0.25) is 0 Å². The first-order chi connectivity index (χ1) is 17.4. The molecule has 2 aromatic rings. The Labute approximate surface area is 216 Å². The molecule has 1 N–H and O–H groups in total. The molecule has 0 bridgehead atoms. The third-order valence-corrected chi connectivity index (χ3v) is 8.36. The fourth-order valence-electron chi connectivity index (χ4n) is 4.52. The van der Waals surface area contributed by atoms with Gasteiger partial charge in [0.05, 0.1) is 25.2 Å². The van der Waals surface area contributed by atoms with Crippen molar-refractivity contribution in [1.82, 2.24) is 9.99 Å². The Morgan fingerprint density at radius 1 is 1.06 bits per heavy atom. The Kier molecular flexibility index (Phi) is 10.7. The number of fused-ring (bicyclic) bond motifs is 3. The highest BCUT2D eigenvalue weighted by molar-refractivity contribution is 7.44. The number of nitrogens with one attached hydrogen (secondary N) is 1. The molecule has 0 radical (unpaired) electrons. The van der Waals surface area contributed by atoms with E-state index in [1.54, 1.807) is 0 Å². The maximum atomic E-state index is 12.6. The van der Waals surface area contributed by atoms with Crippen molar-refractivity contribution < 1.29 is 18.6 Å². The molecular formula is C28H38N3O4P. The lowest BCUT2D eigenvalue weighted by atomic mass is 9.98. The van der Waals surface area contributed by atoms with Crippen LogP contribution in [0.3, 0.4) is 0 Å². The molecule has 0 saturated carbocycles. The van der Waals surface area contributed by atoms with Gasteiger partial charge in [-0.25, -0.2) is 9.46 Å². The van der Waals surface area contributed by atoms with Gasteiger partial charge in [0.25, 0.3) is 8.53 Å². The van der Waals surface area contributed by atoms with Crippen LogP contribution >= 0.6 is 8.53 Å². The van der Waals surface area contributed by atoms with Crippen LogP contribution in [0.2, 0.25) is 0 Å². The monoisotopic (exact) mass is 511 g/mol. The maximum absolute atomic E-state index is 12.6. The highest BCUT2D eigenvalue weighted by Crippen LogP contribution is 2.47. The van der Waals surface area contributed by atoms with E-state index < -0.39 is 14.6 Å². The molecule has 2 atom stereocenters. The predicted octanol–water partition coefficient (Wildman–Crippen LogP) is 6.60. The van der Waals surface area contributed by atoms with Crippen molar-refractivity contribution in [3.05, 3.63) is 59.7 Å². The second-order valence-corrected chi connectivity index (χ2v) is 10.8. The number of ether oxygens (including phenoxy) is 1. The van der Waals surface area contributed by atoms with Crippen molar-refractivity contribution in [3.8, 4) is 17.2 Å². The van der Waals surface area contributed by atoms with Gasteiger partial charge in [0.2, 0.25) is 0 Å². The topological polar surface area (TPSA) is 83.8 Å². The van der Waals surface area contributed by atoms with E-state index >= 15 is 0 Å². The normalized spacial score (nSPS) is 14.4. The standard InChI is InChI=1S/C28H38N3O4P/c1-6-22(35-36(34-17-11-16-29)31(20(2)3)21(4)5)18-30-28(32)33-19-27-25-14-9-7-12-23(25)24-13-8-10-15-26(24)27/h7-10,12-15,20-22,27H,6,11,17-19H2,1-5H3,(H,30,32). The summed E-state index contributed by atoms with van der Waals surface area (Å²) in [6.07, 6.45) is 0.312. The quantitative estimate of drug-likeness (QED) is 0.241. The number of hydrogen-bond donors (Lipinski definition) is 1. The fourth-order valence-corrected chi connectivity index (χ4v) is 6.31. The highest BCUT2D eigenvalue weighted by atomic mass is 31.2. The molecule has 2 unspecified atom stereocenters. The number of carbonyl (C=O) groups excluding carboxylic acids is 1. The Hall–Kier alpha value is -2.49. The van der Waals surface area contributed by atoms with E-state index in [9.17, 15) is 4.79 Å². The van der Waals surface area contributed by atoms with E-state index in [1.807, 2.05) is 31.2 Å². The first kappa shape index (κ1) is 28.1. The Bertz CT molecular complexity index is 986. The summed E-state index contributed by atoms with van der Waals surface area (Å²) in [5, 5.41) is 11.8. The Morgan fingerprint density at radius 2 is 1.64 bits per heavy atom. The van der Waals surface area contributed by atoms with E-state index in [0.29, 0.717) is 26.0 Å². The summed E-state index contributed by atoms with van der Waals surface area (Å²) in [5.41, 5.74) is 4.77. The molecule has 3 rings (SSSR count). The van der Waals surface area contributed by atoms with Crippen LogP contribution in [0.4, 0.5) is 4.79 Å². The molecular weight excluding hydrogens is 473 g/mol. The molecule has 0 spiro atoms. The summed E-state index contributed by atoms with van der Waals surface area (Å²) >= 11 is 0. The van der Waals surface area contributed by atoms with Gasteiger partial charge in [0.15, 0.2) is 0 Å². The van der Waals surface area contributed by atoms with Crippen LogP contribution in [-0.2, 0) is 13.8 Å². The second kappa shape index (κ2) is 13.7. The molecule has 1 aliphatic rings. The predicted molar refractivity (Wildman–Crippen MR) is 143 cm³/mol. The molecule has 7 nitrogen and oxygen atoms in total. The van der Waals surface area contributed by atoms with Crippen molar-refractivity contribution in [3.63, 3.8) is 0 Å². The second-order valence-electron chi connectivity index (χ2n) is 9.39. The molecule has 194 valence electrons. The van der Waals surface area contributed by atoms with Crippen molar-refractivity contribution in [1.29, 1.82) is 5.26 Å². The van der Waals surface area contributed by atoms with Crippen LogP contribution in [0.25, 0.3) is 11.1 Å². The Morgan fingerprint density at radius 3 is 2.17 bits per heavy atom. The van der Waals surface area contributed by atoms with Gasteiger partial charge >= 0.3 is 6.09 Å². The number of alkyl carbamates (subject to hydrolysis) is 1. The van der Waals surface area contributed by atoms with Crippen LogP contribution in [0.1, 0.15) is 64.5 Å². The minimum atomic E-state index is -1.37. The number of carbonyl (C=O) groups is 1. The Balaban J connectivity index is 1.57. The lowest BCUT2D eigenvalue weighted by molar-refractivity contribution is 0.115. The largest absolute Gasteiger partial charge is 0.449 e. The molecule has 0 heterocycles. The van der Waals surface area contributed by atoms with Gasteiger partial charge in [-0.15, -0.1) is 0 Å². The summed E-state index contributed by atoms with van der Waals surface area (Å²) in [6.45, 7) is 11.3. The van der Waals surface area contributed by atoms with Crippen molar-refractivity contribution in [2.45, 2.75) is 71.6 Å². The van der Waals surface area contributed by atoms with Gasteiger partial charge in [-0.2, -0.15) is 5.26 Å². The number of rotatable bonds is 13. The zero-order valence-electron chi connectivity index (χ0n) is 21.9. The molecule has 8 heteroatoms. The number of nitriles is 1. The third-order valence-electron chi connectivity index (χ3n) is 6.17. The van der Waals surface area contributed by atoms with Gasteiger partial charge < -0.3 is 19.1 Å². The summed E-state index contributed by atoms with van der Waals surface area (Å²) in [6, 6.07) is 19.1. The zero-order valence-corrected chi connectivity index (χ0v) is 22.8. The molecule has 0 saturated heterocycles. The van der Waals surface area contributed by atoms with E-state index in [1.165, 1.54) is 22.3 Å². The van der Waals surface area contributed by atoms with Crippen molar-refractivity contribution in [2.24, 2.45) is 0 Å². The van der Waals surface area contributed by atoms with Gasteiger partial charge in [-0.1, -0.05) is 55.5 Å². The lowest BCUT2D eigenvalue weighted by Crippen LogP contribution is -2.37. The minimum absolute atomic E-state index is 0.0217. The molecule has 1 aliphatic carbocycles. The van der Waals surface area contributed by atoms with Gasteiger partial charge in [0, 0.05) is 24.5 Å². The van der Waals surface area contributed by atoms with Crippen LogP contribution in [0.15, 0.2) is 48.5 Å². The summed E-state index contributed by atoms with van der Waals surface area (Å²) in [4.78, 5) is 12.6. The average Bonchev–Trinajstić information content (AvgIpc) is 3.18. The van der Waals surface area contributed by atoms with Crippen LogP contribution in [0.5, 0.6) is 0 Å². The first-order valence-electron chi connectivity index (χ1n) is 12.7. The molecule has 1 amide bonds. The van der Waals surface area contributed by atoms with Crippen LogP contribution < -0.4 is 5.32 Å². The summed E-state index contributed by atoms with van der Waals surface area (Å²) in [5.74, 6) is 0.0217. The molecule has 0 fully saturated rings. The van der Waals surface area contributed by atoms with E-state index in [-0.39, 0.29) is 30.7 Å². The molecule has 36 heavy (non-hydrogen) atoms. The minimum Gasteiger partial charge on any atom is -0.449 e. The van der Waals surface area contributed by atoms with Crippen molar-refractivity contribution >= 4 is 14.6 Å². The number of nitrogens with zero attached hydrogens (tertiary/aromatic N) is 2. The highest BCUT2D eigenvalue weighted by Gasteiger charge is 2.31. The summed E-state index contributed by atoms with van der Waals surface area (Å²) in [7, 11) is -1.37. The van der Waals surface area contributed by atoms with Crippen LogP contribution in [-0.4, -0.2) is 48.7 Å². The van der Waals surface area contributed by atoms with E-state index in [4.69, 9.17) is 19.0 Å². The van der Waals surface area contributed by atoms with Crippen LogP contribution in [0, 0.1) is 11.3 Å². The molecule has 0 aliphatic heterocycles. The first-order valence-corrected chi connectivity index (χ1v) is 13.8. The van der Waals surface area contributed by atoms with E-state index in [2.05, 4.69) is 68.0 Å². The number of benzene rings is 2. The van der Waals surface area contributed by atoms with Gasteiger partial charge in [0.1, 0.15) is 6.61 Å². The smallest absolute Gasteiger partial charge is 0.407 e. The molecule has 2 aromatic carbocycles. The average molecular weight is 512 g/mol. The number of hydrogen-bond acceptors (Lipinski definition) is 6. The zero-order chi connectivity index (χ0) is 26.1. The molecule has 0 aromatic heterocycles. The van der Waals surface area contributed by atoms with Gasteiger partial charge in [-0.05, 0) is 56.4 Å². The van der Waals surface area contributed by atoms with E-state index in [0.717, 1.165) is 0 Å². The SMILES string of the molecule is CCC(CNC(=O)OCC1c2ccccc2-c2ccccc21)OP(OCCC#N)N(C(C)C)C(C)C. The maximum Gasteiger partial charge on any atom is 0.407 e. The number of amides is 1. The van der Waals surface area contributed by atoms with Crippen molar-refractivity contribution in [2.75, 3.05) is 19.8 Å². The lowest BCUT2D eigenvalue weighted by Gasteiger charge is -2.37. The summed E-state index contributed by atoms with van der Waals surface area (Å²) < 4.78 is 20.2.